The van der Waals surface area contributed by atoms with E-state index in [4.69, 9.17) is 5.26 Å². The number of rotatable bonds is 4. The van der Waals surface area contributed by atoms with Gasteiger partial charge in [0, 0.05) is 18.3 Å². The molecule has 1 aromatic rings. The molecule has 0 heterocycles. The molecule has 2 heteroatoms. The Kier molecular flexibility index (Phi) is 4.47. The Morgan fingerprint density at radius 3 is 2.53 bits per heavy atom. The van der Waals surface area contributed by atoms with Crippen molar-refractivity contribution in [3.05, 3.63) is 29.3 Å². The van der Waals surface area contributed by atoms with E-state index in [1.165, 1.54) is 31.4 Å². The summed E-state index contributed by atoms with van der Waals surface area (Å²) in [4.78, 5) is 2.56. The molecule has 1 saturated carbocycles. The fraction of sp³-hybridized carbons (Fsp3) is 0.588. The lowest BCUT2D eigenvalue weighted by Gasteiger charge is -2.33. The van der Waals surface area contributed by atoms with Gasteiger partial charge in [-0.25, -0.2) is 0 Å². The molecular formula is C17H24N2. The smallest absolute Gasteiger partial charge is 0.0994 e. The van der Waals surface area contributed by atoms with Crippen molar-refractivity contribution in [3.63, 3.8) is 0 Å². The summed E-state index contributed by atoms with van der Waals surface area (Å²) in [5.74, 6) is 0.663. The Labute approximate surface area is 117 Å². The lowest BCUT2D eigenvalue weighted by molar-refractivity contribution is 0.536. The Bertz CT molecular complexity index is 465. The van der Waals surface area contributed by atoms with Crippen molar-refractivity contribution < 1.29 is 0 Å². The van der Waals surface area contributed by atoms with E-state index < -0.39 is 0 Å². The van der Waals surface area contributed by atoms with Gasteiger partial charge in [0.05, 0.1) is 11.6 Å². The van der Waals surface area contributed by atoms with Gasteiger partial charge in [-0.1, -0.05) is 26.7 Å². The molecule has 0 atom stereocenters. The van der Waals surface area contributed by atoms with Gasteiger partial charge in [-0.3, -0.25) is 0 Å². The maximum Gasteiger partial charge on any atom is 0.0994 e. The van der Waals surface area contributed by atoms with Crippen molar-refractivity contribution in [3.8, 4) is 6.07 Å². The van der Waals surface area contributed by atoms with Gasteiger partial charge < -0.3 is 4.90 Å². The average molecular weight is 256 g/mol. The molecular weight excluding hydrogens is 232 g/mol. The van der Waals surface area contributed by atoms with Crippen molar-refractivity contribution in [1.29, 1.82) is 5.26 Å². The molecule has 1 aliphatic rings. The van der Waals surface area contributed by atoms with Gasteiger partial charge in [0.25, 0.3) is 0 Å². The highest BCUT2D eigenvalue weighted by Gasteiger charge is 2.23. The molecule has 0 unspecified atom stereocenters. The molecule has 0 spiro atoms. The van der Waals surface area contributed by atoms with Gasteiger partial charge in [-0.05, 0) is 49.4 Å². The quantitative estimate of drug-likeness (QED) is 0.804. The summed E-state index contributed by atoms with van der Waals surface area (Å²) < 4.78 is 0. The first-order valence-electron chi connectivity index (χ1n) is 7.39. The van der Waals surface area contributed by atoms with Crippen LogP contribution in [0, 0.1) is 24.2 Å². The third kappa shape index (κ3) is 3.29. The molecule has 0 amide bonds. The van der Waals surface area contributed by atoms with E-state index in [1.54, 1.807) is 0 Å². The molecule has 0 saturated heterocycles. The average Bonchev–Trinajstić information content (AvgIpc) is 2.89. The number of aryl methyl sites for hydroxylation is 1. The van der Waals surface area contributed by atoms with Crippen molar-refractivity contribution in [2.45, 2.75) is 52.5 Å². The molecule has 0 N–H and O–H groups in total. The molecule has 0 aliphatic heterocycles. The highest BCUT2D eigenvalue weighted by Crippen LogP contribution is 2.30. The van der Waals surface area contributed by atoms with E-state index in [0.717, 1.165) is 17.7 Å². The molecule has 19 heavy (non-hydrogen) atoms. The lowest BCUT2D eigenvalue weighted by Crippen LogP contribution is -2.36. The van der Waals surface area contributed by atoms with E-state index >= 15 is 0 Å². The number of hydrogen-bond donors (Lipinski definition) is 0. The summed E-state index contributed by atoms with van der Waals surface area (Å²) in [6, 6.07) is 9.21. The zero-order valence-electron chi connectivity index (χ0n) is 12.3. The van der Waals surface area contributed by atoms with Crippen LogP contribution in [-0.4, -0.2) is 12.6 Å². The van der Waals surface area contributed by atoms with E-state index in [0.29, 0.717) is 12.0 Å². The van der Waals surface area contributed by atoms with Gasteiger partial charge in [0.15, 0.2) is 0 Å². The van der Waals surface area contributed by atoms with Crippen LogP contribution in [0.1, 0.15) is 50.7 Å². The van der Waals surface area contributed by atoms with Crippen LogP contribution in [0.2, 0.25) is 0 Å². The van der Waals surface area contributed by atoms with Gasteiger partial charge in [0.2, 0.25) is 0 Å². The van der Waals surface area contributed by atoms with Crippen LogP contribution in [0.5, 0.6) is 0 Å². The summed E-state index contributed by atoms with van der Waals surface area (Å²) in [6.07, 6.45) is 5.33. The third-order valence-corrected chi connectivity index (χ3v) is 3.99. The van der Waals surface area contributed by atoms with Crippen LogP contribution < -0.4 is 4.90 Å². The number of nitriles is 1. The van der Waals surface area contributed by atoms with Crippen LogP contribution >= 0.6 is 0 Å². The highest BCUT2D eigenvalue weighted by molar-refractivity contribution is 5.54. The number of nitrogens with zero attached hydrogens (tertiary/aromatic N) is 2. The molecule has 0 radical (unpaired) electrons. The molecule has 0 aromatic heterocycles. The van der Waals surface area contributed by atoms with Crippen LogP contribution in [0.3, 0.4) is 0 Å². The molecule has 102 valence electrons. The zero-order chi connectivity index (χ0) is 13.8. The fourth-order valence-electron chi connectivity index (χ4n) is 3.03. The molecule has 2 nitrogen and oxygen atoms in total. The summed E-state index contributed by atoms with van der Waals surface area (Å²) in [5.41, 5.74) is 3.17. The second-order valence-corrected chi connectivity index (χ2v) is 6.10. The second-order valence-electron chi connectivity index (χ2n) is 6.10. The minimum Gasteiger partial charge on any atom is -0.368 e. The topological polar surface area (TPSA) is 27.0 Å². The normalized spacial score (nSPS) is 15.7. The van der Waals surface area contributed by atoms with Crippen LogP contribution in [-0.2, 0) is 0 Å². The predicted molar refractivity (Wildman–Crippen MR) is 80.3 cm³/mol. The summed E-state index contributed by atoms with van der Waals surface area (Å²) in [7, 11) is 0. The molecule has 0 bridgehead atoms. The number of anilines is 1. The minimum absolute atomic E-state index is 0.663. The fourth-order valence-corrected chi connectivity index (χ4v) is 3.03. The summed E-state index contributed by atoms with van der Waals surface area (Å²) in [6.45, 7) is 7.69. The largest absolute Gasteiger partial charge is 0.368 e. The highest BCUT2D eigenvalue weighted by atomic mass is 15.2. The first kappa shape index (κ1) is 13.9. The maximum atomic E-state index is 9.04. The Morgan fingerprint density at radius 1 is 1.32 bits per heavy atom. The Morgan fingerprint density at radius 2 is 2.00 bits per heavy atom. The van der Waals surface area contributed by atoms with Crippen molar-refractivity contribution in [2.24, 2.45) is 5.92 Å². The Balaban J connectivity index is 2.26. The predicted octanol–water partition coefficient (Wildman–Crippen LogP) is 4.27. The molecule has 1 fully saturated rings. The third-order valence-electron chi connectivity index (χ3n) is 3.99. The molecule has 1 aromatic carbocycles. The first-order chi connectivity index (χ1) is 9.11. The summed E-state index contributed by atoms with van der Waals surface area (Å²) in [5, 5.41) is 9.04. The second kappa shape index (κ2) is 6.10. The van der Waals surface area contributed by atoms with Crippen molar-refractivity contribution in [1.82, 2.24) is 0 Å². The van der Waals surface area contributed by atoms with Crippen LogP contribution in [0.25, 0.3) is 0 Å². The standard InChI is InChI=1S/C17H24N2/c1-13(2)12-19(16-6-4-5-7-16)17-9-8-15(11-18)14(3)10-17/h8-10,13,16H,4-7,12H2,1-3H3. The molecule has 2 rings (SSSR count). The van der Waals surface area contributed by atoms with E-state index in [-0.39, 0.29) is 0 Å². The molecule has 1 aliphatic carbocycles. The maximum absolute atomic E-state index is 9.04. The lowest BCUT2D eigenvalue weighted by atomic mass is 10.1. The first-order valence-corrected chi connectivity index (χ1v) is 7.39. The van der Waals surface area contributed by atoms with Gasteiger partial charge in [0.1, 0.15) is 0 Å². The monoisotopic (exact) mass is 256 g/mol. The van der Waals surface area contributed by atoms with E-state index in [2.05, 4.69) is 36.9 Å². The number of hydrogen-bond acceptors (Lipinski definition) is 2. The minimum atomic E-state index is 0.663. The number of benzene rings is 1. The van der Waals surface area contributed by atoms with Crippen molar-refractivity contribution >= 4 is 5.69 Å². The van der Waals surface area contributed by atoms with Gasteiger partial charge in [-0.2, -0.15) is 5.26 Å². The van der Waals surface area contributed by atoms with Crippen molar-refractivity contribution in [2.75, 3.05) is 11.4 Å². The van der Waals surface area contributed by atoms with Gasteiger partial charge >= 0.3 is 0 Å². The van der Waals surface area contributed by atoms with Gasteiger partial charge in [-0.15, -0.1) is 0 Å². The Hall–Kier alpha value is -1.49. The van der Waals surface area contributed by atoms with E-state index in [9.17, 15) is 0 Å². The van der Waals surface area contributed by atoms with Crippen LogP contribution in [0.4, 0.5) is 5.69 Å². The zero-order valence-corrected chi connectivity index (χ0v) is 12.3. The SMILES string of the molecule is Cc1cc(N(CC(C)C)C2CCCC2)ccc1C#N. The van der Waals surface area contributed by atoms with Crippen LogP contribution in [0.15, 0.2) is 18.2 Å². The van der Waals surface area contributed by atoms with E-state index in [1.807, 2.05) is 13.0 Å². The summed E-state index contributed by atoms with van der Waals surface area (Å²) >= 11 is 0.